The van der Waals surface area contributed by atoms with Gasteiger partial charge in [0.25, 0.3) is 0 Å². The Kier molecular flexibility index (Phi) is 9.06. The normalized spacial score (nSPS) is 11.3. The molecule has 10 heteroatoms. The van der Waals surface area contributed by atoms with Crippen LogP contribution in [0.1, 0.15) is 22.3 Å². The van der Waals surface area contributed by atoms with Gasteiger partial charge >= 0.3 is 6.18 Å². The van der Waals surface area contributed by atoms with E-state index in [1.165, 1.54) is 12.1 Å². The molecular weight excluding hydrogens is 804 g/mol. The Morgan fingerprint density at radius 3 is 1.33 bits per heavy atom. The Hall–Kier alpha value is -9.40. The average Bonchev–Trinajstić information content (AvgIpc) is 3.84. The van der Waals surface area contributed by atoms with Crippen molar-refractivity contribution in [3.8, 4) is 63.0 Å². The molecule has 0 unspecified atom stereocenters. The minimum Gasteiger partial charge on any atom is -0.309 e. The predicted molar refractivity (Wildman–Crippen MR) is 243 cm³/mol. The summed E-state index contributed by atoms with van der Waals surface area (Å²) in [5.41, 5.74) is 6.74. The smallest absolute Gasteiger partial charge is 0.309 e. The van der Waals surface area contributed by atoms with Gasteiger partial charge in [0.2, 0.25) is 0 Å². The minimum absolute atomic E-state index is 0.196. The predicted octanol–water partition coefficient (Wildman–Crippen LogP) is 14.6. The van der Waals surface area contributed by atoms with Crippen LogP contribution in [0, 0.1) is 47.1 Å². The maximum Gasteiger partial charge on any atom is 0.416 e. The van der Waals surface area contributed by atoms with Crippen LogP contribution < -0.4 is 0 Å². The fraction of sp³-hybridized carbons (Fsp3) is 0.0185. The van der Waals surface area contributed by atoms with E-state index in [1.807, 2.05) is 94.1 Å². The monoisotopic (exact) mass is 829 g/mol. The quantitative estimate of drug-likeness (QED) is 0.162. The van der Waals surface area contributed by atoms with E-state index in [4.69, 9.17) is 13.1 Å². The maximum absolute atomic E-state index is 15.6. The van der Waals surface area contributed by atoms with Crippen molar-refractivity contribution in [1.82, 2.24) is 9.13 Å². The summed E-state index contributed by atoms with van der Waals surface area (Å²) in [4.78, 5) is 7.14. The highest BCUT2D eigenvalue weighted by molar-refractivity contribution is 6.13. The molecule has 10 rings (SSSR count). The lowest BCUT2D eigenvalue weighted by Gasteiger charge is -2.23. The molecule has 0 amide bonds. The summed E-state index contributed by atoms with van der Waals surface area (Å²) >= 11 is 0. The van der Waals surface area contributed by atoms with Crippen molar-refractivity contribution in [2.45, 2.75) is 6.18 Å². The second-order valence-electron chi connectivity index (χ2n) is 15.2. The molecular formula is C54H26F3N7. The molecule has 0 aliphatic heterocycles. The lowest BCUT2D eigenvalue weighted by atomic mass is 9.96. The summed E-state index contributed by atoms with van der Waals surface area (Å²) in [5.74, 6) is 0. The van der Waals surface area contributed by atoms with Crippen molar-refractivity contribution < 1.29 is 13.2 Å². The topological polar surface area (TPSA) is 89.9 Å². The number of hydrogen-bond acceptors (Lipinski definition) is 3. The molecule has 0 atom stereocenters. The molecule has 0 spiro atoms. The zero-order valence-corrected chi connectivity index (χ0v) is 33.3. The Morgan fingerprint density at radius 2 is 0.875 bits per heavy atom. The van der Waals surface area contributed by atoms with Gasteiger partial charge in [0.15, 0.2) is 11.4 Å². The summed E-state index contributed by atoms with van der Waals surface area (Å²) in [6.07, 6.45) is -4.81. The third-order valence-electron chi connectivity index (χ3n) is 11.6. The maximum atomic E-state index is 15.6. The first-order valence-electron chi connectivity index (χ1n) is 19.8. The number of hydrogen-bond donors (Lipinski definition) is 0. The van der Waals surface area contributed by atoms with Crippen molar-refractivity contribution in [1.29, 1.82) is 15.8 Å². The van der Waals surface area contributed by atoms with Crippen LogP contribution >= 0.6 is 0 Å². The molecule has 2 heterocycles. The van der Waals surface area contributed by atoms with E-state index in [2.05, 4.69) is 27.9 Å². The molecule has 2 aromatic heterocycles. The van der Waals surface area contributed by atoms with Gasteiger partial charge in [-0.3, -0.25) is 0 Å². The van der Waals surface area contributed by atoms with Crippen molar-refractivity contribution in [3.63, 3.8) is 0 Å². The van der Waals surface area contributed by atoms with Crippen LogP contribution in [0.15, 0.2) is 158 Å². The average molecular weight is 830 g/mol. The van der Waals surface area contributed by atoms with Crippen molar-refractivity contribution in [2.75, 3.05) is 0 Å². The van der Waals surface area contributed by atoms with E-state index in [0.29, 0.717) is 72.1 Å². The van der Waals surface area contributed by atoms with Crippen LogP contribution in [0.2, 0.25) is 0 Å². The first-order chi connectivity index (χ1) is 31.1. The van der Waals surface area contributed by atoms with Crippen molar-refractivity contribution in [2.24, 2.45) is 0 Å². The second-order valence-corrected chi connectivity index (χ2v) is 15.2. The van der Waals surface area contributed by atoms with Crippen molar-refractivity contribution in [3.05, 3.63) is 203 Å². The second kappa shape index (κ2) is 14.9. The van der Waals surface area contributed by atoms with Crippen LogP contribution in [-0.2, 0) is 6.18 Å². The first kappa shape index (κ1) is 38.8. The summed E-state index contributed by atoms with van der Waals surface area (Å²) in [7, 11) is 0. The Labute approximate surface area is 363 Å². The lowest BCUT2D eigenvalue weighted by Crippen LogP contribution is -2.11. The highest BCUT2D eigenvalue weighted by atomic mass is 19.4. The van der Waals surface area contributed by atoms with E-state index >= 15 is 13.2 Å². The minimum atomic E-state index is -4.81. The molecule has 0 saturated carbocycles. The van der Waals surface area contributed by atoms with Gasteiger partial charge in [-0.05, 0) is 113 Å². The Morgan fingerprint density at radius 1 is 0.422 bits per heavy atom. The van der Waals surface area contributed by atoms with Gasteiger partial charge < -0.3 is 9.13 Å². The fourth-order valence-corrected chi connectivity index (χ4v) is 8.80. The number of aromatic nitrogens is 2. The van der Waals surface area contributed by atoms with E-state index in [9.17, 15) is 15.8 Å². The van der Waals surface area contributed by atoms with E-state index < -0.39 is 11.7 Å². The molecule has 64 heavy (non-hydrogen) atoms. The number of halogens is 3. The number of para-hydroxylation sites is 2. The Bertz CT molecular complexity index is 3570. The number of alkyl halides is 3. The van der Waals surface area contributed by atoms with Crippen LogP contribution in [0.5, 0.6) is 0 Å². The van der Waals surface area contributed by atoms with E-state index in [1.54, 1.807) is 48.5 Å². The summed E-state index contributed by atoms with van der Waals surface area (Å²) in [6, 6.07) is 51.6. The Balaban J connectivity index is 1.38. The number of benzene rings is 8. The van der Waals surface area contributed by atoms with Crippen LogP contribution in [0.4, 0.5) is 24.5 Å². The zero-order chi connectivity index (χ0) is 44.3. The molecule has 298 valence electrons. The summed E-state index contributed by atoms with van der Waals surface area (Å²) in [5, 5.41) is 32.9. The fourth-order valence-electron chi connectivity index (χ4n) is 8.80. The van der Waals surface area contributed by atoms with Gasteiger partial charge in [-0.15, -0.1) is 0 Å². The van der Waals surface area contributed by atoms with Gasteiger partial charge in [0, 0.05) is 38.2 Å². The number of fused-ring (bicyclic) bond motifs is 6. The highest BCUT2D eigenvalue weighted by Crippen LogP contribution is 2.46. The van der Waals surface area contributed by atoms with Gasteiger partial charge in [-0.25, -0.2) is 9.69 Å². The molecule has 0 saturated heterocycles. The molecule has 0 N–H and O–H groups in total. The van der Waals surface area contributed by atoms with E-state index in [-0.39, 0.29) is 22.7 Å². The van der Waals surface area contributed by atoms with Crippen LogP contribution in [-0.4, -0.2) is 9.13 Å². The molecule has 7 nitrogen and oxygen atoms in total. The summed E-state index contributed by atoms with van der Waals surface area (Å²) < 4.78 is 50.5. The molecule has 10 aromatic rings. The molecule has 0 bridgehead atoms. The molecule has 0 aliphatic carbocycles. The van der Waals surface area contributed by atoms with Crippen LogP contribution in [0.25, 0.3) is 98.1 Å². The molecule has 0 radical (unpaired) electrons. The van der Waals surface area contributed by atoms with E-state index in [0.717, 1.165) is 33.7 Å². The van der Waals surface area contributed by atoms with Crippen LogP contribution in [0.3, 0.4) is 0 Å². The van der Waals surface area contributed by atoms with Gasteiger partial charge in [0.05, 0.1) is 75.9 Å². The molecule has 8 aromatic carbocycles. The number of rotatable bonds is 5. The lowest BCUT2D eigenvalue weighted by molar-refractivity contribution is -0.137. The van der Waals surface area contributed by atoms with Gasteiger partial charge in [-0.1, -0.05) is 72.8 Å². The SMILES string of the molecule is [C-]#[N+]c1cc(C#N)cc(-c2ccc3c4ccccc4n(-c4cc(C(F)(F)F)cc(-n5c6ccccc6c6ccc(-c7cc(C#N)cc([N+]#[C-])c7)cc65)c4-c4cccc(C#N)c4)c3c2)c1. The van der Waals surface area contributed by atoms with Gasteiger partial charge in [-0.2, -0.15) is 29.0 Å². The number of nitrogens with zero attached hydrogens (tertiary/aromatic N) is 7. The standard InChI is InChI=1S/C54H26F3N7/c1-61-41-21-33(30-59)19-38(23-41)35-14-16-45-43-10-3-5-12-47(43)63(49(45)25-35)51-27-40(54(55,56)57)28-52(53(51)37-9-7-8-32(18-37)29-58)64-48-13-6-4-11-44(48)46-17-15-36(26-50(46)64)39-20-34(31-60)22-42(24-39)62-2/h3-28H. The largest absolute Gasteiger partial charge is 0.416 e. The highest BCUT2D eigenvalue weighted by Gasteiger charge is 2.34. The third kappa shape index (κ3) is 6.34. The third-order valence-corrected chi connectivity index (χ3v) is 11.6. The van der Waals surface area contributed by atoms with Gasteiger partial charge in [0.1, 0.15) is 0 Å². The molecule has 0 fully saturated rings. The van der Waals surface area contributed by atoms with Crippen molar-refractivity contribution >= 4 is 55.0 Å². The zero-order valence-electron chi connectivity index (χ0n) is 33.3. The summed E-state index contributed by atoms with van der Waals surface area (Å²) in [6.45, 7) is 15.3. The number of nitriles is 3. The first-order valence-corrected chi connectivity index (χ1v) is 19.8. The molecule has 0 aliphatic rings.